The van der Waals surface area contributed by atoms with Gasteiger partial charge < -0.3 is 10.3 Å². The van der Waals surface area contributed by atoms with Crippen LogP contribution >= 0.6 is 11.3 Å². The van der Waals surface area contributed by atoms with Crippen LogP contribution in [-0.2, 0) is 12.8 Å². The molecule has 0 aromatic carbocycles. The lowest BCUT2D eigenvalue weighted by Crippen LogP contribution is -2.31. The molecule has 18 heavy (non-hydrogen) atoms. The van der Waals surface area contributed by atoms with Crippen LogP contribution in [0.1, 0.15) is 42.8 Å². The summed E-state index contributed by atoms with van der Waals surface area (Å²) in [5, 5.41) is 4.32. The van der Waals surface area contributed by atoms with Gasteiger partial charge in [0.15, 0.2) is 0 Å². The molecule has 2 unspecified atom stereocenters. The molecular formula is C14H19N3S. The minimum Gasteiger partial charge on any atom is -0.326 e. The van der Waals surface area contributed by atoms with Crippen LogP contribution in [0.15, 0.2) is 23.2 Å². The fourth-order valence-corrected chi connectivity index (χ4v) is 3.58. The molecule has 0 bridgehead atoms. The van der Waals surface area contributed by atoms with E-state index in [4.69, 9.17) is 5.73 Å². The summed E-state index contributed by atoms with van der Waals surface area (Å²) in [7, 11) is 0. The van der Waals surface area contributed by atoms with E-state index in [9.17, 15) is 0 Å². The number of imidazole rings is 1. The predicted octanol–water partition coefficient (Wildman–Crippen LogP) is 2.76. The topological polar surface area (TPSA) is 43.8 Å². The summed E-state index contributed by atoms with van der Waals surface area (Å²) >= 11 is 1.73. The maximum absolute atomic E-state index is 6.21. The summed E-state index contributed by atoms with van der Waals surface area (Å²) in [6, 6.07) is 2.50. The molecule has 2 N–H and O–H groups in total. The monoisotopic (exact) mass is 261 g/mol. The van der Waals surface area contributed by atoms with Gasteiger partial charge in [-0.2, -0.15) is 11.3 Å². The van der Waals surface area contributed by atoms with Gasteiger partial charge in [-0.1, -0.05) is 0 Å². The van der Waals surface area contributed by atoms with Crippen LogP contribution in [0.25, 0.3) is 0 Å². The summed E-state index contributed by atoms with van der Waals surface area (Å²) in [6.45, 7) is 2.08. The van der Waals surface area contributed by atoms with Gasteiger partial charge in [0.1, 0.15) is 0 Å². The Kier molecular flexibility index (Phi) is 3.22. The Morgan fingerprint density at radius 2 is 2.22 bits per heavy atom. The van der Waals surface area contributed by atoms with E-state index < -0.39 is 0 Å². The van der Waals surface area contributed by atoms with Gasteiger partial charge >= 0.3 is 0 Å². The van der Waals surface area contributed by atoms with Crippen LogP contribution < -0.4 is 5.73 Å². The molecule has 0 aliphatic heterocycles. The zero-order chi connectivity index (χ0) is 12.5. The second-order valence-electron chi connectivity index (χ2n) is 5.11. The first-order chi connectivity index (χ1) is 8.77. The van der Waals surface area contributed by atoms with Crippen molar-refractivity contribution in [3.05, 3.63) is 40.1 Å². The number of nitrogens with zero attached hydrogens (tertiary/aromatic N) is 2. The van der Waals surface area contributed by atoms with Gasteiger partial charge in [0.25, 0.3) is 0 Å². The lowest BCUT2D eigenvalue weighted by Gasteiger charge is -2.25. The van der Waals surface area contributed by atoms with Crippen molar-refractivity contribution in [3.8, 4) is 0 Å². The number of fused-ring (bicyclic) bond motifs is 1. The third kappa shape index (κ3) is 1.99. The third-order valence-electron chi connectivity index (χ3n) is 3.74. The van der Waals surface area contributed by atoms with Gasteiger partial charge in [-0.05, 0) is 55.0 Å². The standard InChI is InChI=1S/C14H19N3S/c1-10(15)14(11-6-7-18-8-11)17-9-16-12-4-2-3-5-13(12)17/h6-10,14H,2-5,15H2,1H3. The molecule has 96 valence electrons. The maximum atomic E-state index is 6.21. The van der Waals surface area contributed by atoms with E-state index in [0.717, 1.165) is 12.8 Å². The van der Waals surface area contributed by atoms with Crippen molar-refractivity contribution in [2.75, 3.05) is 0 Å². The van der Waals surface area contributed by atoms with Crippen molar-refractivity contribution in [1.82, 2.24) is 9.55 Å². The van der Waals surface area contributed by atoms with Gasteiger partial charge in [-0.3, -0.25) is 0 Å². The Morgan fingerprint density at radius 3 is 2.94 bits per heavy atom. The molecule has 1 aliphatic rings. The number of rotatable bonds is 3. The highest BCUT2D eigenvalue weighted by Crippen LogP contribution is 2.29. The average molecular weight is 261 g/mol. The molecule has 3 rings (SSSR count). The van der Waals surface area contributed by atoms with Crippen LogP contribution in [0.3, 0.4) is 0 Å². The second kappa shape index (κ2) is 4.86. The molecule has 2 aromatic rings. The van der Waals surface area contributed by atoms with E-state index in [-0.39, 0.29) is 12.1 Å². The molecule has 0 spiro atoms. The molecule has 2 atom stereocenters. The quantitative estimate of drug-likeness (QED) is 0.923. The van der Waals surface area contributed by atoms with Crippen LogP contribution in [0.2, 0.25) is 0 Å². The second-order valence-corrected chi connectivity index (χ2v) is 5.89. The molecule has 2 aromatic heterocycles. The van der Waals surface area contributed by atoms with Gasteiger partial charge in [-0.15, -0.1) is 0 Å². The fraction of sp³-hybridized carbons (Fsp3) is 0.500. The molecule has 3 nitrogen and oxygen atoms in total. The average Bonchev–Trinajstić information content (AvgIpc) is 3.00. The molecular weight excluding hydrogens is 242 g/mol. The highest BCUT2D eigenvalue weighted by molar-refractivity contribution is 7.07. The van der Waals surface area contributed by atoms with Crippen LogP contribution in [0, 0.1) is 0 Å². The maximum Gasteiger partial charge on any atom is 0.0957 e. The highest BCUT2D eigenvalue weighted by atomic mass is 32.1. The van der Waals surface area contributed by atoms with Crippen molar-refractivity contribution < 1.29 is 0 Å². The normalized spacial score (nSPS) is 18.3. The highest BCUT2D eigenvalue weighted by Gasteiger charge is 2.24. The number of hydrogen-bond acceptors (Lipinski definition) is 3. The molecule has 0 radical (unpaired) electrons. The van der Waals surface area contributed by atoms with Crippen molar-refractivity contribution in [1.29, 1.82) is 0 Å². The third-order valence-corrected chi connectivity index (χ3v) is 4.44. The smallest absolute Gasteiger partial charge is 0.0957 e. The van der Waals surface area contributed by atoms with E-state index in [2.05, 4.69) is 33.3 Å². The van der Waals surface area contributed by atoms with E-state index in [1.165, 1.54) is 29.8 Å². The minimum atomic E-state index is 0.0971. The van der Waals surface area contributed by atoms with E-state index in [1.807, 2.05) is 6.33 Å². The molecule has 0 fully saturated rings. The first-order valence-corrected chi connectivity index (χ1v) is 7.54. The Hall–Kier alpha value is -1.13. The lowest BCUT2D eigenvalue weighted by atomic mass is 9.98. The fourth-order valence-electron chi connectivity index (χ4n) is 2.89. The van der Waals surface area contributed by atoms with Gasteiger partial charge in [0, 0.05) is 11.7 Å². The number of nitrogens with two attached hydrogens (primary N) is 1. The van der Waals surface area contributed by atoms with Crippen molar-refractivity contribution in [3.63, 3.8) is 0 Å². The van der Waals surface area contributed by atoms with Crippen LogP contribution in [-0.4, -0.2) is 15.6 Å². The summed E-state index contributed by atoms with van der Waals surface area (Å²) in [5.74, 6) is 0. The Bertz CT molecular complexity index is 513. The first-order valence-electron chi connectivity index (χ1n) is 6.59. The predicted molar refractivity (Wildman–Crippen MR) is 75.0 cm³/mol. The Morgan fingerprint density at radius 1 is 1.39 bits per heavy atom. The van der Waals surface area contributed by atoms with Crippen molar-refractivity contribution >= 4 is 11.3 Å². The minimum absolute atomic E-state index is 0.0971. The summed E-state index contributed by atoms with van der Waals surface area (Å²) in [5.41, 5.74) is 10.2. The van der Waals surface area contributed by atoms with Gasteiger partial charge in [0.2, 0.25) is 0 Å². The van der Waals surface area contributed by atoms with Gasteiger partial charge in [-0.25, -0.2) is 4.98 Å². The van der Waals surface area contributed by atoms with E-state index in [1.54, 1.807) is 11.3 Å². The molecule has 4 heteroatoms. The summed E-state index contributed by atoms with van der Waals surface area (Å²) < 4.78 is 2.31. The van der Waals surface area contributed by atoms with Crippen LogP contribution in [0.5, 0.6) is 0 Å². The molecule has 1 aliphatic carbocycles. The van der Waals surface area contributed by atoms with Crippen molar-refractivity contribution in [2.45, 2.75) is 44.7 Å². The number of aromatic nitrogens is 2. The first kappa shape index (κ1) is 11.9. The van der Waals surface area contributed by atoms with E-state index >= 15 is 0 Å². The van der Waals surface area contributed by atoms with Gasteiger partial charge in [0.05, 0.1) is 18.1 Å². The molecule has 0 saturated carbocycles. The largest absolute Gasteiger partial charge is 0.326 e. The zero-order valence-electron chi connectivity index (χ0n) is 10.7. The van der Waals surface area contributed by atoms with Crippen LogP contribution in [0.4, 0.5) is 0 Å². The number of aryl methyl sites for hydroxylation is 1. The number of thiophene rings is 1. The number of hydrogen-bond donors (Lipinski definition) is 1. The molecule has 2 heterocycles. The summed E-state index contributed by atoms with van der Waals surface area (Å²) in [6.07, 6.45) is 6.79. The summed E-state index contributed by atoms with van der Waals surface area (Å²) in [4.78, 5) is 4.58. The Balaban J connectivity index is 2.03. The molecule has 0 amide bonds. The lowest BCUT2D eigenvalue weighted by molar-refractivity contribution is 0.474. The zero-order valence-corrected chi connectivity index (χ0v) is 11.5. The van der Waals surface area contributed by atoms with Crippen molar-refractivity contribution in [2.24, 2.45) is 5.73 Å². The SMILES string of the molecule is CC(N)C(c1ccsc1)n1cnc2c1CCCC2. The molecule has 0 saturated heterocycles. The Labute approximate surface area is 112 Å². The van der Waals surface area contributed by atoms with E-state index in [0.29, 0.717) is 0 Å².